The first-order chi connectivity index (χ1) is 14.7. The molecule has 2 rings (SSSR count). The fourth-order valence-corrected chi connectivity index (χ4v) is 3.07. The smallest absolute Gasteiger partial charge is 0.319 e. The average molecular weight is 413 g/mol. The Labute approximate surface area is 181 Å². The molecule has 0 fully saturated rings. The highest BCUT2D eigenvalue weighted by Crippen LogP contribution is 2.17. The zero-order valence-electron chi connectivity index (χ0n) is 18.4. The first kappa shape index (κ1) is 23.7. The van der Waals surface area contributed by atoms with Crippen molar-refractivity contribution in [2.75, 3.05) is 25.1 Å². The number of carbonyl (C=O) groups excluding carboxylic acids is 1. The van der Waals surface area contributed by atoms with Gasteiger partial charge in [0, 0.05) is 25.4 Å². The number of hydrogen-bond donors (Lipinski definition) is 2. The van der Waals surface area contributed by atoms with E-state index in [1.807, 2.05) is 54.6 Å². The Morgan fingerprint density at radius 3 is 2.47 bits per heavy atom. The summed E-state index contributed by atoms with van der Waals surface area (Å²) in [5, 5.41) is 5.71. The summed E-state index contributed by atoms with van der Waals surface area (Å²) in [6.07, 6.45) is 5.72. The number of nitrogens with one attached hydrogen (secondary N) is 2. The summed E-state index contributed by atoms with van der Waals surface area (Å²) in [5.74, 6) is 1.42. The Morgan fingerprint density at radius 1 is 1.00 bits per heavy atom. The molecule has 2 aromatic rings. The quantitative estimate of drug-likeness (QED) is 0.374. The third-order valence-corrected chi connectivity index (χ3v) is 5.01. The Morgan fingerprint density at radius 2 is 1.77 bits per heavy atom. The van der Waals surface area contributed by atoms with Crippen LogP contribution in [0.15, 0.2) is 54.6 Å². The first-order valence-corrected chi connectivity index (χ1v) is 11.1. The maximum Gasteiger partial charge on any atom is 0.319 e. The van der Waals surface area contributed by atoms with Gasteiger partial charge in [-0.3, -0.25) is 0 Å². The molecule has 5 nitrogen and oxygen atoms in total. The Hall–Kier alpha value is -2.53. The highest BCUT2D eigenvalue weighted by atomic mass is 16.5. The number of anilines is 1. The van der Waals surface area contributed by atoms with E-state index < -0.39 is 0 Å². The van der Waals surface area contributed by atoms with Crippen molar-refractivity contribution in [3.05, 3.63) is 60.2 Å². The standard InChI is InChI=1S/C25H36N2O3/c1-3-5-10-21(4-2)19-29-18-9-17-26-25(28)27-23-13-15-24(16-14-23)30-20-22-11-7-6-8-12-22/h6-8,11-16,21H,3-5,9-10,17-20H2,1-2H3,(H2,26,27,28). The van der Waals surface area contributed by atoms with Gasteiger partial charge in [0.2, 0.25) is 0 Å². The lowest BCUT2D eigenvalue weighted by Crippen LogP contribution is -2.30. The van der Waals surface area contributed by atoms with Crippen LogP contribution < -0.4 is 15.4 Å². The summed E-state index contributed by atoms with van der Waals surface area (Å²) in [4.78, 5) is 12.0. The summed E-state index contributed by atoms with van der Waals surface area (Å²) >= 11 is 0. The van der Waals surface area contributed by atoms with E-state index in [1.165, 1.54) is 19.3 Å². The molecule has 30 heavy (non-hydrogen) atoms. The predicted octanol–water partition coefficient (Wildman–Crippen LogP) is 6.01. The number of rotatable bonds is 14. The summed E-state index contributed by atoms with van der Waals surface area (Å²) in [6, 6.07) is 17.2. The second-order valence-corrected chi connectivity index (χ2v) is 7.52. The van der Waals surface area contributed by atoms with E-state index >= 15 is 0 Å². The Kier molecular flexibility index (Phi) is 11.4. The van der Waals surface area contributed by atoms with Gasteiger partial charge in [-0.05, 0) is 48.6 Å². The number of hydrogen-bond acceptors (Lipinski definition) is 3. The van der Waals surface area contributed by atoms with Crippen LogP contribution in [-0.2, 0) is 11.3 Å². The van der Waals surface area contributed by atoms with Gasteiger partial charge in [-0.1, -0.05) is 63.4 Å². The van der Waals surface area contributed by atoms with Crippen molar-refractivity contribution in [3.8, 4) is 5.75 Å². The molecule has 0 aliphatic heterocycles. The summed E-state index contributed by atoms with van der Waals surface area (Å²) < 4.78 is 11.5. The van der Waals surface area contributed by atoms with E-state index in [2.05, 4.69) is 24.5 Å². The minimum Gasteiger partial charge on any atom is -0.489 e. The molecule has 0 bridgehead atoms. The van der Waals surface area contributed by atoms with E-state index in [0.29, 0.717) is 25.7 Å². The number of carbonyl (C=O) groups is 1. The van der Waals surface area contributed by atoms with Crippen LogP contribution in [0, 0.1) is 5.92 Å². The van der Waals surface area contributed by atoms with Gasteiger partial charge in [0.05, 0.1) is 0 Å². The van der Waals surface area contributed by atoms with E-state index in [4.69, 9.17) is 9.47 Å². The van der Waals surface area contributed by atoms with Gasteiger partial charge in [-0.25, -0.2) is 4.79 Å². The largest absolute Gasteiger partial charge is 0.489 e. The van der Waals surface area contributed by atoms with E-state index in [9.17, 15) is 4.79 Å². The van der Waals surface area contributed by atoms with Crippen LogP contribution in [0.3, 0.4) is 0 Å². The van der Waals surface area contributed by atoms with Crippen molar-refractivity contribution in [2.24, 2.45) is 5.92 Å². The summed E-state index contributed by atoms with van der Waals surface area (Å²) in [6.45, 7) is 7.05. The lowest BCUT2D eigenvalue weighted by molar-refractivity contribution is 0.0925. The molecule has 2 amide bonds. The lowest BCUT2D eigenvalue weighted by atomic mass is 10.0. The fourth-order valence-electron chi connectivity index (χ4n) is 3.07. The van der Waals surface area contributed by atoms with E-state index in [-0.39, 0.29) is 6.03 Å². The van der Waals surface area contributed by atoms with Crippen molar-refractivity contribution >= 4 is 11.7 Å². The van der Waals surface area contributed by atoms with Crippen LogP contribution >= 0.6 is 0 Å². The van der Waals surface area contributed by atoms with Gasteiger partial charge >= 0.3 is 6.03 Å². The fraction of sp³-hybridized carbons (Fsp3) is 0.480. The molecule has 0 radical (unpaired) electrons. The van der Waals surface area contributed by atoms with Crippen LogP contribution in [0.2, 0.25) is 0 Å². The van der Waals surface area contributed by atoms with Crippen molar-refractivity contribution < 1.29 is 14.3 Å². The van der Waals surface area contributed by atoms with Crippen molar-refractivity contribution in [1.82, 2.24) is 5.32 Å². The molecule has 0 saturated heterocycles. The van der Waals surface area contributed by atoms with Crippen molar-refractivity contribution in [2.45, 2.75) is 52.6 Å². The molecule has 1 atom stereocenters. The van der Waals surface area contributed by atoms with Crippen LogP contribution in [0.25, 0.3) is 0 Å². The molecular weight excluding hydrogens is 376 g/mol. The minimum absolute atomic E-state index is 0.206. The molecule has 1 unspecified atom stereocenters. The SMILES string of the molecule is CCCCC(CC)COCCCNC(=O)Nc1ccc(OCc2ccccc2)cc1. The normalized spacial score (nSPS) is 11.7. The van der Waals surface area contributed by atoms with Gasteiger partial charge in [-0.2, -0.15) is 0 Å². The zero-order chi connectivity index (χ0) is 21.4. The molecule has 164 valence electrons. The third-order valence-electron chi connectivity index (χ3n) is 5.01. The second-order valence-electron chi connectivity index (χ2n) is 7.52. The molecule has 0 spiro atoms. The number of unbranched alkanes of at least 4 members (excludes halogenated alkanes) is 1. The van der Waals surface area contributed by atoms with Gasteiger partial charge in [-0.15, -0.1) is 0 Å². The van der Waals surface area contributed by atoms with E-state index in [1.54, 1.807) is 0 Å². The zero-order valence-corrected chi connectivity index (χ0v) is 18.4. The lowest BCUT2D eigenvalue weighted by Gasteiger charge is -2.14. The Balaban J connectivity index is 1.57. The molecule has 0 aliphatic carbocycles. The molecule has 2 aromatic carbocycles. The summed E-state index contributed by atoms with van der Waals surface area (Å²) in [5.41, 5.74) is 1.85. The van der Waals surface area contributed by atoms with Crippen molar-refractivity contribution in [1.29, 1.82) is 0 Å². The second kappa shape index (κ2) is 14.5. The molecular formula is C25H36N2O3. The van der Waals surface area contributed by atoms with Gasteiger partial charge in [0.15, 0.2) is 0 Å². The van der Waals surface area contributed by atoms with Gasteiger partial charge in [0.25, 0.3) is 0 Å². The van der Waals surface area contributed by atoms with Crippen LogP contribution in [-0.4, -0.2) is 25.8 Å². The highest BCUT2D eigenvalue weighted by molar-refractivity contribution is 5.89. The minimum atomic E-state index is -0.206. The number of ether oxygens (including phenoxy) is 2. The molecule has 5 heteroatoms. The average Bonchev–Trinajstić information content (AvgIpc) is 2.78. The van der Waals surface area contributed by atoms with Crippen LogP contribution in [0.1, 0.15) is 51.5 Å². The molecule has 0 heterocycles. The molecule has 2 N–H and O–H groups in total. The van der Waals surface area contributed by atoms with Crippen LogP contribution in [0.4, 0.5) is 10.5 Å². The van der Waals surface area contributed by atoms with Gasteiger partial charge < -0.3 is 20.1 Å². The maximum absolute atomic E-state index is 12.0. The highest BCUT2D eigenvalue weighted by Gasteiger charge is 2.06. The monoisotopic (exact) mass is 412 g/mol. The van der Waals surface area contributed by atoms with E-state index in [0.717, 1.165) is 36.4 Å². The number of benzene rings is 2. The predicted molar refractivity (Wildman–Crippen MR) is 123 cm³/mol. The number of amides is 2. The topological polar surface area (TPSA) is 59.6 Å². The van der Waals surface area contributed by atoms with Crippen molar-refractivity contribution in [3.63, 3.8) is 0 Å². The molecule has 0 saturated carbocycles. The third kappa shape index (κ3) is 9.79. The number of urea groups is 1. The Bertz CT molecular complexity index is 704. The molecule has 0 aliphatic rings. The first-order valence-electron chi connectivity index (χ1n) is 11.1. The molecule has 0 aromatic heterocycles. The van der Waals surface area contributed by atoms with Gasteiger partial charge in [0.1, 0.15) is 12.4 Å². The van der Waals surface area contributed by atoms with Crippen LogP contribution in [0.5, 0.6) is 5.75 Å². The maximum atomic E-state index is 12.0. The summed E-state index contributed by atoms with van der Waals surface area (Å²) in [7, 11) is 0.